The predicted molar refractivity (Wildman–Crippen MR) is 245 cm³/mol. The van der Waals surface area contributed by atoms with Crippen LogP contribution in [0.15, 0.2) is 126 Å². The summed E-state index contributed by atoms with van der Waals surface area (Å²) in [6.45, 7) is 13.8. The summed E-state index contributed by atoms with van der Waals surface area (Å²) in [5.41, 5.74) is 21.5. The zero-order chi connectivity index (χ0) is 39.0. The van der Waals surface area contributed by atoms with Crippen LogP contribution < -0.4 is 13.6 Å². The number of hydrogen-bond acceptors (Lipinski definition) is 0. The fourth-order valence-electron chi connectivity index (χ4n) is 11.1. The van der Waals surface area contributed by atoms with Gasteiger partial charge >= 0.3 is 348 Å². The summed E-state index contributed by atoms with van der Waals surface area (Å²) in [6.07, 6.45) is 8.85. The molecule has 0 spiro atoms. The van der Waals surface area contributed by atoms with Crippen molar-refractivity contribution < 1.29 is 16.4 Å². The van der Waals surface area contributed by atoms with Gasteiger partial charge in [-0.2, -0.15) is 0 Å². The van der Waals surface area contributed by atoms with Crippen LogP contribution in [-0.2, 0) is 42.1 Å². The molecule has 2 aliphatic carbocycles. The van der Waals surface area contributed by atoms with Gasteiger partial charge in [0, 0.05) is 0 Å². The Hall–Kier alpha value is -3.52. The van der Waals surface area contributed by atoms with Gasteiger partial charge in [-0.15, -0.1) is 0 Å². The van der Waals surface area contributed by atoms with E-state index in [-0.39, 0.29) is 7.25 Å². The number of rotatable bonds is 9. The summed E-state index contributed by atoms with van der Waals surface area (Å²) in [7, 11) is 17.5. The number of benzene rings is 6. The van der Waals surface area contributed by atoms with E-state index in [0.717, 1.165) is 25.7 Å². The molecular formula is C52H51Cl2SiZr. The second-order valence-corrected chi connectivity index (χ2v) is 38.8. The van der Waals surface area contributed by atoms with Gasteiger partial charge < -0.3 is 0 Å². The van der Waals surface area contributed by atoms with Crippen molar-refractivity contribution in [3.63, 3.8) is 0 Å². The minimum absolute atomic E-state index is 0.0889. The summed E-state index contributed by atoms with van der Waals surface area (Å²) >= 11 is -5.52. The molecular weight excluding hydrogens is 815 g/mol. The van der Waals surface area contributed by atoms with Crippen molar-refractivity contribution in [1.82, 2.24) is 0 Å². The summed E-state index contributed by atoms with van der Waals surface area (Å²) in [6, 6.07) is 43.6. The SMILES string of the molecule is CCc1ccccc1-c1c(CC)ccc2c1C=C(C)[CH]2[Zr]([Cl])([Cl])([c]1cccc2c1[SiH2]c1ccccc1-2)[CH]1C(C)=Cc2c1ccc(CC)c2-c1ccccc1CC. The first-order chi connectivity index (χ1) is 27.1. The van der Waals surface area contributed by atoms with Crippen LogP contribution in [0.4, 0.5) is 0 Å². The number of hydrogen-bond donors (Lipinski definition) is 0. The Morgan fingerprint density at radius 3 is 1.43 bits per heavy atom. The fourth-order valence-corrected chi connectivity index (χ4v) is 39.9. The molecule has 0 amide bonds. The van der Waals surface area contributed by atoms with Gasteiger partial charge in [0.1, 0.15) is 0 Å². The average Bonchev–Trinajstić information content (AvgIpc) is 3.90. The topological polar surface area (TPSA) is 0 Å². The molecule has 3 aliphatic rings. The molecule has 6 aromatic rings. The van der Waals surface area contributed by atoms with E-state index in [9.17, 15) is 17.0 Å². The monoisotopic (exact) mass is 863 g/mol. The normalized spacial score (nSPS) is 17.8. The predicted octanol–water partition coefficient (Wildman–Crippen LogP) is 12.3. The quantitative estimate of drug-likeness (QED) is 0.127. The summed E-state index contributed by atoms with van der Waals surface area (Å²) in [4.78, 5) is 0. The molecule has 2 unspecified atom stereocenters. The van der Waals surface area contributed by atoms with Crippen LogP contribution >= 0.6 is 17.0 Å². The van der Waals surface area contributed by atoms with Crippen LogP contribution in [0.1, 0.15) is 93.3 Å². The number of halogens is 2. The third kappa shape index (κ3) is 5.53. The van der Waals surface area contributed by atoms with Gasteiger partial charge in [0.05, 0.1) is 0 Å². The molecule has 1 aliphatic heterocycles. The van der Waals surface area contributed by atoms with Crippen molar-refractivity contribution >= 4 is 52.3 Å². The van der Waals surface area contributed by atoms with Crippen molar-refractivity contribution in [3.05, 3.63) is 171 Å². The molecule has 4 heteroatoms. The summed E-state index contributed by atoms with van der Waals surface area (Å²) in [5, 5.41) is 2.96. The van der Waals surface area contributed by atoms with E-state index < -0.39 is 25.9 Å². The molecule has 1 heterocycles. The Bertz CT molecular complexity index is 2510. The molecule has 0 aromatic heterocycles. The molecule has 2 atom stereocenters. The van der Waals surface area contributed by atoms with Gasteiger partial charge in [-0.25, -0.2) is 0 Å². The van der Waals surface area contributed by atoms with Crippen molar-refractivity contribution in [1.29, 1.82) is 0 Å². The van der Waals surface area contributed by atoms with E-state index in [1.807, 2.05) is 0 Å². The number of aryl methyl sites for hydroxylation is 4. The van der Waals surface area contributed by atoms with Crippen LogP contribution in [0.3, 0.4) is 0 Å². The van der Waals surface area contributed by atoms with Crippen molar-refractivity contribution in [2.24, 2.45) is 0 Å². The third-order valence-electron chi connectivity index (χ3n) is 13.5. The van der Waals surface area contributed by atoms with Gasteiger partial charge in [-0.05, 0) is 0 Å². The third-order valence-corrected chi connectivity index (χ3v) is 36.7. The van der Waals surface area contributed by atoms with Crippen LogP contribution in [0, 0.1) is 0 Å². The first-order valence-electron chi connectivity index (χ1n) is 20.8. The van der Waals surface area contributed by atoms with E-state index in [1.165, 1.54) is 103 Å². The van der Waals surface area contributed by atoms with E-state index in [0.29, 0.717) is 0 Å². The molecule has 0 radical (unpaired) electrons. The van der Waals surface area contributed by atoms with E-state index in [4.69, 9.17) is 0 Å². The molecule has 56 heavy (non-hydrogen) atoms. The van der Waals surface area contributed by atoms with Crippen LogP contribution in [0.2, 0.25) is 0 Å². The second-order valence-electron chi connectivity index (χ2n) is 16.4. The van der Waals surface area contributed by atoms with Gasteiger partial charge in [0.2, 0.25) is 0 Å². The minimum atomic E-state index is -5.52. The van der Waals surface area contributed by atoms with Crippen LogP contribution in [-0.4, -0.2) is 9.52 Å². The summed E-state index contributed by atoms with van der Waals surface area (Å²) < 4.78 is 1.11. The number of allylic oxidation sites excluding steroid dienone is 2. The zero-order valence-corrected chi connectivity index (χ0v) is 39.0. The standard InChI is InChI=1S/2C20H21.C12H9Si.2ClH.Zr/c2*1-4-15-8-6-7-9-18(15)20-16(5-2)10-11-17-12-14(3)13-19(17)20;1-3-7-11-9(5-1)10-6-2-4-8-12(10)13-11;;;/h2*6-13H,4-5H2,1-3H3;1-7H,13H2;2*1H;/q;;;;;+2/p-2. The van der Waals surface area contributed by atoms with E-state index in [1.54, 1.807) is 0 Å². The van der Waals surface area contributed by atoms with E-state index >= 15 is 0 Å². The van der Waals surface area contributed by atoms with Crippen LogP contribution in [0.25, 0.3) is 45.5 Å². The molecule has 0 fully saturated rings. The van der Waals surface area contributed by atoms with Crippen molar-refractivity contribution in [3.8, 4) is 33.4 Å². The summed E-state index contributed by atoms with van der Waals surface area (Å²) in [5.74, 6) is 0. The molecule has 281 valence electrons. The Morgan fingerprint density at radius 2 is 0.929 bits per heavy atom. The van der Waals surface area contributed by atoms with Gasteiger partial charge in [-0.1, -0.05) is 0 Å². The molecule has 0 saturated heterocycles. The molecule has 0 bridgehead atoms. The van der Waals surface area contributed by atoms with Gasteiger partial charge in [0.15, 0.2) is 0 Å². The maximum absolute atomic E-state index is 9.18. The first kappa shape index (κ1) is 38.0. The molecule has 0 N–H and O–H groups in total. The van der Waals surface area contributed by atoms with Crippen LogP contribution in [0.5, 0.6) is 0 Å². The molecule has 6 aromatic carbocycles. The van der Waals surface area contributed by atoms with Gasteiger partial charge in [-0.3, -0.25) is 0 Å². The number of fused-ring (bicyclic) bond motifs is 5. The maximum atomic E-state index is 9.18. The fraction of sp³-hybridized carbons (Fsp3) is 0.231. The Morgan fingerprint density at radius 1 is 0.482 bits per heavy atom. The molecule has 0 nitrogen and oxygen atoms in total. The van der Waals surface area contributed by atoms with E-state index in [2.05, 4.69) is 169 Å². The first-order valence-corrected chi connectivity index (χ1v) is 32.6. The Kier molecular flexibility index (Phi) is 9.77. The molecule has 0 saturated carbocycles. The zero-order valence-electron chi connectivity index (χ0n) is 33.6. The average molecular weight is 866 g/mol. The second kappa shape index (κ2) is 14.4. The van der Waals surface area contributed by atoms with Gasteiger partial charge in [0.25, 0.3) is 0 Å². The Labute approximate surface area is 344 Å². The van der Waals surface area contributed by atoms with Crippen molar-refractivity contribution in [2.45, 2.75) is 74.5 Å². The Balaban J connectivity index is 1.36. The molecule has 9 rings (SSSR count). The van der Waals surface area contributed by atoms with Crippen molar-refractivity contribution in [2.75, 3.05) is 0 Å².